The molecule has 0 bridgehead atoms. The van der Waals surface area contributed by atoms with Crippen molar-refractivity contribution < 1.29 is 22.0 Å². The van der Waals surface area contributed by atoms with E-state index >= 15 is 8.78 Å². The number of amides is 1. The molecule has 2 aliphatic carbocycles. The molecule has 2 saturated carbocycles. The van der Waals surface area contributed by atoms with E-state index in [9.17, 15) is 18.5 Å². The second kappa shape index (κ2) is 11.0. The zero-order valence-corrected chi connectivity index (χ0v) is 24.7. The summed E-state index contributed by atoms with van der Waals surface area (Å²) in [5.41, 5.74) is 1.15. The number of anilines is 1. The number of hydrogen-bond donors (Lipinski definition) is 1. The first kappa shape index (κ1) is 28.7. The Hall–Kier alpha value is -3.36. The Kier molecular flexibility index (Phi) is 7.56. The molecular formula is C31H32F2N4O3S2. The minimum Gasteiger partial charge on any atom is -0.369 e. The Bertz CT molecular complexity index is 1600. The molecule has 42 heavy (non-hydrogen) atoms. The fourth-order valence-corrected chi connectivity index (χ4v) is 8.32. The zero-order valence-electron chi connectivity index (χ0n) is 23.1. The molecule has 1 amide bonds. The number of nitrogens with zero attached hydrogens (tertiary/aromatic N) is 3. The predicted octanol–water partition coefficient (Wildman–Crippen LogP) is 5.63. The van der Waals surface area contributed by atoms with Crippen LogP contribution in [0.1, 0.15) is 60.7 Å². The summed E-state index contributed by atoms with van der Waals surface area (Å²) in [5.74, 6) is -4.13. The van der Waals surface area contributed by atoms with Crippen LogP contribution in [-0.2, 0) is 20.6 Å². The van der Waals surface area contributed by atoms with Gasteiger partial charge in [0.15, 0.2) is 14.8 Å². The average Bonchev–Trinajstić information content (AvgIpc) is 3.63. The van der Waals surface area contributed by atoms with Gasteiger partial charge in [-0.25, -0.2) is 13.4 Å². The van der Waals surface area contributed by atoms with E-state index in [0.29, 0.717) is 49.3 Å². The number of nitrogens with one attached hydrogen (secondary N) is 1. The van der Waals surface area contributed by atoms with Crippen LogP contribution in [0.2, 0.25) is 0 Å². The number of nitriles is 1. The van der Waals surface area contributed by atoms with Gasteiger partial charge in [0, 0.05) is 36.2 Å². The standard InChI is InChI=1S/C31H32F2N4O3S2/c32-31(33,22-6-2-1-3-7-22)29-35-26(24-8-4-5-9-25(24)28(38)36-30(20-34)14-15-30)27(41-29)21-10-12-23(13-11-21)37-16-18-42(39,40)19-17-37/h1-3,6-7,10-13,24-25H,4-5,8-9,14-19H2,(H,36,38)/t24-,25?/m1/s1. The van der Waals surface area contributed by atoms with Crippen LogP contribution in [0.15, 0.2) is 54.6 Å². The summed E-state index contributed by atoms with van der Waals surface area (Å²) in [5, 5.41) is 12.2. The Labute approximate surface area is 248 Å². The van der Waals surface area contributed by atoms with E-state index in [4.69, 9.17) is 0 Å². The first-order chi connectivity index (χ1) is 20.1. The van der Waals surface area contributed by atoms with Crippen molar-refractivity contribution in [2.75, 3.05) is 29.5 Å². The Morgan fingerprint density at radius 2 is 1.71 bits per heavy atom. The molecule has 6 rings (SSSR count). The molecular weight excluding hydrogens is 578 g/mol. The fourth-order valence-electron chi connectivity index (χ4n) is 5.98. The molecule has 1 unspecified atom stereocenters. The van der Waals surface area contributed by atoms with Gasteiger partial charge in [-0.2, -0.15) is 14.0 Å². The third-order valence-electron chi connectivity index (χ3n) is 8.68. The Morgan fingerprint density at radius 1 is 1.05 bits per heavy atom. The summed E-state index contributed by atoms with van der Waals surface area (Å²) in [7, 11) is -3.02. The summed E-state index contributed by atoms with van der Waals surface area (Å²) < 4.78 is 55.4. The summed E-state index contributed by atoms with van der Waals surface area (Å²) in [6.07, 6.45) is 4.20. The maximum absolute atomic E-state index is 15.8. The topological polar surface area (TPSA) is 103 Å². The van der Waals surface area contributed by atoms with Crippen molar-refractivity contribution in [3.8, 4) is 16.5 Å². The van der Waals surface area contributed by atoms with Gasteiger partial charge in [-0.3, -0.25) is 4.79 Å². The number of alkyl halides is 2. The molecule has 2 atom stereocenters. The van der Waals surface area contributed by atoms with Crippen molar-refractivity contribution in [1.82, 2.24) is 10.3 Å². The van der Waals surface area contributed by atoms with Crippen LogP contribution in [0, 0.1) is 17.2 Å². The number of benzene rings is 2. The maximum atomic E-state index is 15.8. The number of carbonyl (C=O) groups is 1. The number of aromatic nitrogens is 1. The SMILES string of the molecule is N#CC1(NC(=O)C2CCCC[C@H]2c2nc(C(F)(F)c3ccccc3)sc2-c2ccc(N3CCS(=O)(=O)CC3)cc2)CC1. The Balaban J connectivity index is 1.37. The van der Waals surface area contributed by atoms with E-state index in [-0.39, 0.29) is 33.9 Å². The fraction of sp³-hybridized carbons (Fsp3) is 0.452. The van der Waals surface area contributed by atoms with Crippen LogP contribution < -0.4 is 10.2 Å². The molecule has 3 aliphatic rings. The largest absolute Gasteiger partial charge is 0.369 e. The highest BCUT2D eigenvalue weighted by Crippen LogP contribution is 2.48. The van der Waals surface area contributed by atoms with Gasteiger partial charge < -0.3 is 10.2 Å². The van der Waals surface area contributed by atoms with Gasteiger partial charge in [0.25, 0.3) is 0 Å². The van der Waals surface area contributed by atoms with E-state index in [0.717, 1.165) is 35.4 Å². The lowest BCUT2D eigenvalue weighted by atomic mass is 9.76. The average molecular weight is 611 g/mol. The molecule has 2 heterocycles. The van der Waals surface area contributed by atoms with Crippen LogP contribution in [0.4, 0.5) is 14.5 Å². The van der Waals surface area contributed by atoms with Crippen LogP contribution in [0.25, 0.3) is 10.4 Å². The van der Waals surface area contributed by atoms with E-state index in [1.165, 1.54) is 12.1 Å². The van der Waals surface area contributed by atoms with Crippen molar-refractivity contribution >= 4 is 32.8 Å². The molecule has 0 radical (unpaired) electrons. The van der Waals surface area contributed by atoms with Crippen molar-refractivity contribution in [3.63, 3.8) is 0 Å². The number of carbonyl (C=O) groups excluding carboxylic acids is 1. The van der Waals surface area contributed by atoms with Crippen molar-refractivity contribution in [2.24, 2.45) is 5.92 Å². The monoisotopic (exact) mass is 610 g/mol. The lowest BCUT2D eigenvalue weighted by Crippen LogP contribution is -2.42. The molecule has 1 saturated heterocycles. The lowest BCUT2D eigenvalue weighted by molar-refractivity contribution is -0.127. The first-order valence-corrected chi connectivity index (χ1v) is 17.0. The van der Waals surface area contributed by atoms with Gasteiger partial charge in [-0.1, -0.05) is 55.3 Å². The van der Waals surface area contributed by atoms with Gasteiger partial charge in [0.05, 0.1) is 28.1 Å². The highest BCUT2D eigenvalue weighted by atomic mass is 32.2. The third-order valence-corrected chi connectivity index (χ3v) is 11.5. The third kappa shape index (κ3) is 5.66. The van der Waals surface area contributed by atoms with Gasteiger partial charge in [0.1, 0.15) is 5.54 Å². The summed E-state index contributed by atoms with van der Waals surface area (Å²) in [6, 6.07) is 17.4. The van der Waals surface area contributed by atoms with Gasteiger partial charge in [-0.05, 0) is 43.4 Å². The molecule has 220 valence electrons. The van der Waals surface area contributed by atoms with E-state index in [1.54, 1.807) is 18.2 Å². The van der Waals surface area contributed by atoms with E-state index in [1.807, 2.05) is 29.2 Å². The van der Waals surface area contributed by atoms with Crippen LogP contribution in [-0.4, -0.2) is 49.4 Å². The lowest BCUT2D eigenvalue weighted by Gasteiger charge is -2.31. The zero-order chi connectivity index (χ0) is 29.5. The molecule has 1 N–H and O–H groups in total. The van der Waals surface area contributed by atoms with Crippen LogP contribution >= 0.6 is 11.3 Å². The number of halogens is 2. The number of sulfone groups is 1. The molecule has 7 nitrogen and oxygen atoms in total. The molecule has 2 aromatic carbocycles. The smallest absolute Gasteiger partial charge is 0.324 e. The highest BCUT2D eigenvalue weighted by Gasteiger charge is 2.47. The molecule has 1 aromatic heterocycles. The Morgan fingerprint density at radius 3 is 2.36 bits per heavy atom. The van der Waals surface area contributed by atoms with Crippen molar-refractivity contribution in [1.29, 1.82) is 5.26 Å². The van der Waals surface area contributed by atoms with Gasteiger partial charge in [0.2, 0.25) is 5.91 Å². The first-order valence-electron chi connectivity index (χ1n) is 14.3. The van der Waals surface area contributed by atoms with Crippen molar-refractivity contribution in [3.05, 3.63) is 70.9 Å². The predicted molar refractivity (Wildman–Crippen MR) is 158 cm³/mol. The minimum absolute atomic E-state index is 0.101. The number of hydrogen-bond acceptors (Lipinski definition) is 7. The van der Waals surface area contributed by atoms with Crippen LogP contribution in [0.3, 0.4) is 0 Å². The number of rotatable bonds is 7. The molecule has 1 aliphatic heterocycles. The molecule has 11 heteroatoms. The molecule has 3 aromatic rings. The van der Waals surface area contributed by atoms with E-state index in [2.05, 4.69) is 16.4 Å². The van der Waals surface area contributed by atoms with Gasteiger partial charge >= 0.3 is 5.92 Å². The summed E-state index contributed by atoms with van der Waals surface area (Å²) in [6.45, 7) is 0.813. The molecule has 0 spiro atoms. The maximum Gasteiger partial charge on any atom is 0.324 e. The van der Waals surface area contributed by atoms with Gasteiger partial charge in [-0.15, -0.1) is 11.3 Å². The second-order valence-corrected chi connectivity index (χ2v) is 14.8. The minimum atomic E-state index is -3.32. The summed E-state index contributed by atoms with van der Waals surface area (Å²) in [4.78, 5) is 20.7. The number of thiazole rings is 1. The van der Waals surface area contributed by atoms with Crippen molar-refractivity contribution in [2.45, 2.75) is 55.9 Å². The van der Waals surface area contributed by atoms with E-state index < -0.39 is 27.2 Å². The quantitative estimate of drug-likeness (QED) is 0.372. The second-order valence-electron chi connectivity index (χ2n) is 11.5. The highest BCUT2D eigenvalue weighted by molar-refractivity contribution is 7.91. The van der Waals surface area contributed by atoms with Crippen LogP contribution in [0.5, 0.6) is 0 Å². The summed E-state index contributed by atoms with van der Waals surface area (Å²) >= 11 is 0.955. The normalized spacial score (nSPS) is 23.1. The molecule has 3 fully saturated rings.